The molecule has 2 nitrogen and oxygen atoms in total. The third-order valence-electron chi connectivity index (χ3n) is 5.26. The monoisotopic (exact) mass is 258 g/mol. The smallest absolute Gasteiger partial charge is 0.0593 e. The van der Waals surface area contributed by atoms with Gasteiger partial charge in [-0.1, -0.05) is 38.1 Å². The van der Waals surface area contributed by atoms with Crippen molar-refractivity contribution in [3.63, 3.8) is 0 Å². The molecule has 0 spiro atoms. The molecule has 0 aromatic heterocycles. The highest BCUT2D eigenvalue weighted by atomic mass is 15.2. The van der Waals surface area contributed by atoms with Gasteiger partial charge in [-0.05, 0) is 55.8 Å². The number of likely N-dealkylation sites (tertiary alicyclic amines) is 1. The van der Waals surface area contributed by atoms with Gasteiger partial charge in [0.25, 0.3) is 0 Å². The van der Waals surface area contributed by atoms with Gasteiger partial charge in [0, 0.05) is 6.04 Å². The fraction of sp³-hybridized carbons (Fsp3) is 0.647. The van der Waals surface area contributed by atoms with Gasteiger partial charge in [-0.15, -0.1) is 0 Å². The molecule has 2 N–H and O–H groups in total. The van der Waals surface area contributed by atoms with Crippen molar-refractivity contribution < 1.29 is 0 Å². The normalized spacial score (nSPS) is 31.7. The summed E-state index contributed by atoms with van der Waals surface area (Å²) in [6.07, 6.45) is 5.08. The summed E-state index contributed by atoms with van der Waals surface area (Å²) >= 11 is 0. The summed E-state index contributed by atoms with van der Waals surface area (Å²) in [5.74, 6) is 0.472. The highest BCUT2D eigenvalue weighted by Gasteiger charge is 2.46. The van der Waals surface area contributed by atoms with Crippen LogP contribution in [0.3, 0.4) is 0 Å². The SMILES string of the molecule is CC(C)C1(N)c2ccccc2CCC1N1CCCC1. The number of aryl methyl sites for hydroxylation is 1. The minimum atomic E-state index is -0.181. The van der Waals surface area contributed by atoms with Gasteiger partial charge in [-0.3, -0.25) is 4.90 Å². The van der Waals surface area contributed by atoms with Crippen molar-refractivity contribution in [1.82, 2.24) is 4.90 Å². The van der Waals surface area contributed by atoms with E-state index < -0.39 is 0 Å². The number of hydrogen-bond donors (Lipinski definition) is 1. The van der Waals surface area contributed by atoms with E-state index in [0.717, 1.165) is 0 Å². The van der Waals surface area contributed by atoms with Gasteiger partial charge < -0.3 is 5.73 Å². The van der Waals surface area contributed by atoms with Crippen molar-refractivity contribution in [1.29, 1.82) is 0 Å². The third kappa shape index (κ3) is 2.02. The van der Waals surface area contributed by atoms with Crippen molar-refractivity contribution in [2.75, 3.05) is 13.1 Å². The standard InChI is InChI=1S/C17H26N2/c1-13(2)17(18)15-8-4-3-7-14(15)9-10-16(17)19-11-5-6-12-19/h3-4,7-8,13,16H,5-6,9-12,18H2,1-2H3. The number of hydrogen-bond acceptors (Lipinski definition) is 2. The van der Waals surface area contributed by atoms with Crippen molar-refractivity contribution in [3.8, 4) is 0 Å². The average molecular weight is 258 g/mol. The Kier molecular flexibility index (Phi) is 3.40. The van der Waals surface area contributed by atoms with E-state index in [4.69, 9.17) is 5.73 Å². The Bertz CT molecular complexity index is 448. The van der Waals surface area contributed by atoms with E-state index in [9.17, 15) is 0 Å². The summed E-state index contributed by atoms with van der Waals surface area (Å²) in [5, 5.41) is 0. The third-order valence-corrected chi connectivity index (χ3v) is 5.26. The highest BCUT2D eigenvalue weighted by Crippen LogP contribution is 2.42. The minimum absolute atomic E-state index is 0.181. The van der Waals surface area contributed by atoms with Crippen LogP contribution in [0.5, 0.6) is 0 Å². The maximum Gasteiger partial charge on any atom is 0.0593 e. The molecule has 2 unspecified atom stereocenters. The number of rotatable bonds is 2. The van der Waals surface area contributed by atoms with E-state index in [-0.39, 0.29) is 5.54 Å². The maximum absolute atomic E-state index is 7.00. The van der Waals surface area contributed by atoms with Crippen molar-refractivity contribution in [3.05, 3.63) is 35.4 Å². The van der Waals surface area contributed by atoms with Gasteiger partial charge in [0.05, 0.1) is 5.54 Å². The Morgan fingerprint density at radius 2 is 1.89 bits per heavy atom. The molecular formula is C17H26N2. The van der Waals surface area contributed by atoms with E-state index >= 15 is 0 Å². The van der Waals surface area contributed by atoms with E-state index in [2.05, 4.69) is 43.0 Å². The summed E-state index contributed by atoms with van der Waals surface area (Å²) in [6.45, 7) is 7.04. The lowest BCUT2D eigenvalue weighted by molar-refractivity contribution is 0.0915. The van der Waals surface area contributed by atoms with Crippen LogP contribution in [0.1, 0.15) is 44.2 Å². The van der Waals surface area contributed by atoms with E-state index in [1.807, 2.05) is 0 Å². The lowest BCUT2D eigenvalue weighted by Gasteiger charge is -2.49. The topological polar surface area (TPSA) is 29.3 Å². The van der Waals surface area contributed by atoms with Gasteiger partial charge >= 0.3 is 0 Å². The van der Waals surface area contributed by atoms with Gasteiger partial charge in [-0.2, -0.15) is 0 Å². The molecule has 0 radical (unpaired) electrons. The van der Waals surface area contributed by atoms with Gasteiger partial charge in [0.1, 0.15) is 0 Å². The molecule has 1 aliphatic heterocycles. The average Bonchev–Trinajstić information content (AvgIpc) is 2.93. The van der Waals surface area contributed by atoms with Crippen LogP contribution in [0.15, 0.2) is 24.3 Å². The summed E-state index contributed by atoms with van der Waals surface area (Å²) in [4.78, 5) is 2.65. The molecule has 1 fully saturated rings. The van der Waals surface area contributed by atoms with Crippen LogP contribution in [-0.4, -0.2) is 24.0 Å². The van der Waals surface area contributed by atoms with Crippen LogP contribution in [0, 0.1) is 5.92 Å². The number of fused-ring (bicyclic) bond motifs is 1. The molecule has 3 rings (SSSR count). The van der Waals surface area contributed by atoms with Gasteiger partial charge in [0.15, 0.2) is 0 Å². The highest BCUT2D eigenvalue weighted by molar-refractivity contribution is 5.38. The summed E-state index contributed by atoms with van der Waals surface area (Å²) in [6, 6.07) is 9.34. The zero-order valence-corrected chi connectivity index (χ0v) is 12.2. The number of nitrogens with zero attached hydrogens (tertiary/aromatic N) is 1. The van der Waals surface area contributed by atoms with E-state index in [1.54, 1.807) is 0 Å². The fourth-order valence-electron chi connectivity index (χ4n) is 4.11. The lowest BCUT2D eigenvalue weighted by atomic mass is 9.67. The number of benzene rings is 1. The van der Waals surface area contributed by atoms with Gasteiger partial charge in [0.2, 0.25) is 0 Å². The second kappa shape index (κ2) is 4.92. The molecule has 0 bridgehead atoms. The molecule has 1 heterocycles. The maximum atomic E-state index is 7.00. The fourth-order valence-corrected chi connectivity index (χ4v) is 4.11. The molecule has 1 aromatic rings. The Balaban J connectivity index is 2.03. The molecule has 1 aliphatic carbocycles. The quantitative estimate of drug-likeness (QED) is 0.884. The first-order valence-corrected chi connectivity index (χ1v) is 7.75. The van der Waals surface area contributed by atoms with Crippen molar-refractivity contribution >= 4 is 0 Å². The molecule has 2 atom stereocenters. The van der Waals surface area contributed by atoms with Crippen molar-refractivity contribution in [2.45, 2.75) is 51.1 Å². The van der Waals surface area contributed by atoms with Crippen LogP contribution < -0.4 is 5.73 Å². The molecule has 0 amide bonds. The molecular weight excluding hydrogens is 232 g/mol. The molecule has 2 heteroatoms. The summed E-state index contributed by atoms with van der Waals surface area (Å²) < 4.78 is 0. The van der Waals surface area contributed by atoms with Crippen LogP contribution >= 0.6 is 0 Å². The first-order chi connectivity index (χ1) is 9.14. The van der Waals surface area contributed by atoms with E-state index in [1.165, 1.54) is 49.9 Å². The second-order valence-electron chi connectivity index (χ2n) is 6.54. The molecule has 1 aromatic carbocycles. The predicted molar refractivity (Wildman–Crippen MR) is 80.1 cm³/mol. The first kappa shape index (κ1) is 13.1. The molecule has 1 saturated heterocycles. The second-order valence-corrected chi connectivity index (χ2v) is 6.54. The zero-order valence-electron chi connectivity index (χ0n) is 12.2. The van der Waals surface area contributed by atoms with Crippen LogP contribution in [0.25, 0.3) is 0 Å². The zero-order chi connectivity index (χ0) is 13.5. The molecule has 0 saturated carbocycles. The van der Waals surface area contributed by atoms with Crippen LogP contribution in [0.2, 0.25) is 0 Å². The van der Waals surface area contributed by atoms with Crippen molar-refractivity contribution in [2.24, 2.45) is 11.7 Å². The Labute approximate surface area is 117 Å². The minimum Gasteiger partial charge on any atom is -0.320 e. The first-order valence-electron chi connectivity index (χ1n) is 7.75. The van der Waals surface area contributed by atoms with Crippen LogP contribution in [0.4, 0.5) is 0 Å². The molecule has 19 heavy (non-hydrogen) atoms. The Morgan fingerprint density at radius 3 is 2.58 bits per heavy atom. The Hall–Kier alpha value is -0.860. The lowest BCUT2D eigenvalue weighted by Crippen LogP contribution is -2.60. The summed E-state index contributed by atoms with van der Waals surface area (Å²) in [7, 11) is 0. The molecule has 104 valence electrons. The van der Waals surface area contributed by atoms with Gasteiger partial charge in [-0.25, -0.2) is 0 Å². The summed E-state index contributed by atoms with van der Waals surface area (Å²) in [5.41, 5.74) is 9.68. The largest absolute Gasteiger partial charge is 0.320 e. The van der Waals surface area contributed by atoms with Crippen LogP contribution in [-0.2, 0) is 12.0 Å². The number of nitrogens with two attached hydrogens (primary N) is 1. The van der Waals surface area contributed by atoms with E-state index in [0.29, 0.717) is 12.0 Å². The molecule has 2 aliphatic rings. The Morgan fingerprint density at radius 1 is 1.21 bits per heavy atom. The predicted octanol–water partition coefficient (Wildman–Crippen LogP) is 2.91.